The highest BCUT2D eigenvalue weighted by Gasteiger charge is 2.05. The summed E-state index contributed by atoms with van der Waals surface area (Å²) in [6.45, 7) is 10.6. The van der Waals surface area contributed by atoms with Crippen LogP contribution in [0.5, 0.6) is 0 Å². The van der Waals surface area contributed by atoms with E-state index in [1.54, 1.807) is 13.3 Å². The lowest BCUT2D eigenvalue weighted by atomic mass is 10.1. The van der Waals surface area contributed by atoms with Crippen molar-refractivity contribution in [2.45, 2.75) is 52.9 Å². The number of hydrogen-bond donors (Lipinski definition) is 2. The molecular weight excluding hydrogens is 338 g/mol. The minimum absolute atomic E-state index is 0.410. The van der Waals surface area contributed by atoms with Crippen LogP contribution in [0.2, 0.25) is 0 Å². The van der Waals surface area contributed by atoms with Gasteiger partial charge in [-0.05, 0) is 48.7 Å². The molecular formula is C22H33N3S. The molecule has 0 saturated carbocycles. The van der Waals surface area contributed by atoms with Crippen LogP contribution < -0.4 is 10.6 Å². The summed E-state index contributed by atoms with van der Waals surface area (Å²) < 4.78 is 0. The van der Waals surface area contributed by atoms with Crippen molar-refractivity contribution in [3.8, 4) is 0 Å². The van der Waals surface area contributed by atoms with Gasteiger partial charge in [0.2, 0.25) is 0 Å². The van der Waals surface area contributed by atoms with Crippen molar-refractivity contribution in [2.75, 3.05) is 12.4 Å². The van der Waals surface area contributed by atoms with Gasteiger partial charge in [-0.1, -0.05) is 64.8 Å². The van der Waals surface area contributed by atoms with E-state index in [9.17, 15) is 0 Å². The molecule has 2 N–H and O–H groups in total. The first kappa shape index (κ1) is 22.1. The van der Waals surface area contributed by atoms with Crippen LogP contribution >= 0.6 is 12.2 Å². The topological polar surface area (TPSA) is 36.4 Å². The molecule has 0 amide bonds. The summed E-state index contributed by atoms with van der Waals surface area (Å²) in [6, 6.07) is 8.48. The van der Waals surface area contributed by atoms with Crippen LogP contribution in [0, 0.1) is 5.92 Å². The molecule has 142 valence electrons. The number of rotatable bonds is 10. The molecule has 3 nitrogen and oxygen atoms in total. The van der Waals surface area contributed by atoms with Gasteiger partial charge in [0.05, 0.1) is 0 Å². The summed E-state index contributed by atoms with van der Waals surface area (Å²) in [6.07, 6.45) is 10.2. The minimum Gasteiger partial charge on any atom is -0.332 e. The maximum atomic E-state index is 5.41. The molecule has 0 atom stereocenters. The Morgan fingerprint density at radius 2 is 1.88 bits per heavy atom. The van der Waals surface area contributed by atoms with Crippen LogP contribution in [0.15, 0.2) is 53.2 Å². The Bertz CT molecular complexity index is 627. The number of benzene rings is 1. The molecule has 0 unspecified atom stereocenters. The Labute approximate surface area is 164 Å². The number of nitrogens with zero attached hydrogens (tertiary/aromatic N) is 1. The van der Waals surface area contributed by atoms with Gasteiger partial charge in [0, 0.05) is 30.2 Å². The van der Waals surface area contributed by atoms with Crippen LogP contribution in [0.1, 0.15) is 52.0 Å². The van der Waals surface area contributed by atoms with Gasteiger partial charge < -0.3 is 10.6 Å². The van der Waals surface area contributed by atoms with Gasteiger partial charge >= 0.3 is 0 Å². The number of allylic oxidation sites excluding steroid dienone is 2. The third kappa shape index (κ3) is 8.95. The molecule has 0 aliphatic rings. The number of aliphatic imine (C=N–C) groups is 1. The molecule has 0 radical (unpaired) electrons. The average Bonchev–Trinajstić information content (AvgIpc) is 2.59. The standard InChI is InChI=1S/C22H33N3S/c1-6-7-8-9-10-19-11-13-21(14-12-19)25-22(26)24-18(4)20(16-23-5)15-17(2)3/h11-17H,4,6-10H2,1-3,5H3,(H2,24,25,26)/b20-15+,23-16?. The molecule has 0 aliphatic heterocycles. The monoisotopic (exact) mass is 371 g/mol. The second-order valence-corrected chi connectivity index (χ2v) is 7.23. The van der Waals surface area contributed by atoms with Crippen molar-refractivity contribution in [2.24, 2.45) is 10.9 Å². The van der Waals surface area contributed by atoms with E-state index in [-0.39, 0.29) is 0 Å². The minimum atomic E-state index is 0.410. The van der Waals surface area contributed by atoms with Crippen LogP contribution in [0.25, 0.3) is 0 Å². The lowest BCUT2D eigenvalue weighted by molar-refractivity contribution is 0.667. The first-order valence-electron chi connectivity index (χ1n) is 9.46. The molecule has 0 aliphatic carbocycles. The molecule has 0 spiro atoms. The zero-order valence-electron chi connectivity index (χ0n) is 16.6. The first-order valence-corrected chi connectivity index (χ1v) is 9.87. The smallest absolute Gasteiger partial charge is 0.175 e. The third-order valence-corrected chi connectivity index (χ3v) is 4.13. The maximum absolute atomic E-state index is 5.41. The summed E-state index contributed by atoms with van der Waals surface area (Å²) in [5, 5.41) is 6.89. The summed E-state index contributed by atoms with van der Waals surface area (Å²) in [5.41, 5.74) is 4.05. The summed E-state index contributed by atoms with van der Waals surface area (Å²) in [7, 11) is 1.75. The van der Waals surface area contributed by atoms with E-state index in [1.165, 1.54) is 31.2 Å². The fraction of sp³-hybridized carbons (Fsp3) is 0.455. The lowest BCUT2D eigenvalue weighted by Gasteiger charge is -2.14. The summed E-state index contributed by atoms with van der Waals surface area (Å²) in [4.78, 5) is 4.09. The Balaban J connectivity index is 2.55. The summed E-state index contributed by atoms with van der Waals surface area (Å²) >= 11 is 5.41. The van der Waals surface area contributed by atoms with E-state index in [1.807, 2.05) is 0 Å². The van der Waals surface area contributed by atoms with Crippen LogP contribution in [0.4, 0.5) is 5.69 Å². The Hall–Kier alpha value is -1.94. The number of nitrogens with one attached hydrogen (secondary N) is 2. The van der Waals surface area contributed by atoms with Crippen LogP contribution in [0.3, 0.4) is 0 Å². The molecule has 26 heavy (non-hydrogen) atoms. The number of unbranched alkanes of at least 4 members (excludes halogenated alkanes) is 3. The molecule has 0 aromatic heterocycles. The van der Waals surface area contributed by atoms with Gasteiger partial charge in [0.15, 0.2) is 5.11 Å². The molecule has 1 aromatic rings. The second kappa shape index (κ2) is 12.4. The Kier molecular flexibility index (Phi) is 10.6. The third-order valence-electron chi connectivity index (χ3n) is 3.92. The number of hydrogen-bond acceptors (Lipinski definition) is 2. The first-order chi connectivity index (χ1) is 12.5. The van der Waals surface area contributed by atoms with E-state index in [4.69, 9.17) is 12.2 Å². The predicted octanol–water partition coefficient (Wildman–Crippen LogP) is 5.89. The summed E-state index contributed by atoms with van der Waals surface area (Å²) in [5.74, 6) is 0.410. The van der Waals surface area contributed by atoms with Crippen molar-refractivity contribution in [1.82, 2.24) is 5.32 Å². The molecule has 0 heterocycles. The molecule has 4 heteroatoms. The van der Waals surface area contributed by atoms with Gasteiger partial charge in [0.1, 0.15) is 0 Å². The van der Waals surface area contributed by atoms with Crippen LogP contribution in [-0.2, 0) is 6.42 Å². The van der Waals surface area contributed by atoms with E-state index < -0.39 is 0 Å². The lowest BCUT2D eigenvalue weighted by Crippen LogP contribution is -2.28. The van der Waals surface area contributed by atoms with Crippen molar-refractivity contribution >= 4 is 29.2 Å². The Morgan fingerprint density at radius 3 is 2.46 bits per heavy atom. The van der Waals surface area contributed by atoms with E-state index in [2.05, 4.69) is 73.3 Å². The second-order valence-electron chi connectivity index (χ2n) is 6.82. The van der Waals surface area contributed by atoms with Crippen molar-refractivity contribution < 1.29 is 0 Å². The fourth-order valence-electron chi connectivity index (χ4n) is 2.60. The van der Waals surface area contributed by atoms with E-state index >= 15 is 0 Å². The number of aryl methyl sites for hydroxylation is 1. The predicted molar refractivity (Wildman–Crippen MR) is 120 cm³/mol. The van der Waals surface area contributed by atoms with Gasteiger partial charge in [0.25, 0.3) is 0 Å². The molecule has 0 fully saturated rings. The zero-order chi connectivity index (χ0) is 19.4. The molecule has 0 bridgehead atoms. The van der Waals surface area contributed by atoms with Crippen LogP contribution in [-0.4, -0.2) is 18.4 Å². The Morgan fingerprint density at radius 1 is 1.19 bits per heavy atom. The molecule has 0 saturated heterocycles. The fourth-order valence-corrected chi connectivity index (χ4v) is 2.84. The van der Waals surface area contributed by atoms with Crippen molar-refractivity contribution in [3.05, 3.63) is 53.8 Å². The van der Waals surface area contributed by atoms with Gasteiger partial charge in [-0.25, -0.2) is 0 Å². The normalized spacial score (nSPS) is 11.8. The highest BCUT2D eigenvalue weighted by Crippen LogP contribution is 2.13. The molecule has 1 rings (SSSR count). The maximum Gasteiger partial charge on any atom is 0.175 e. The number of anilines is 1. The van der Waals surface area contributed by atoms with E-state index in [0.29, 0.717) is 11.0 Å². The van der Waals surface area contributed by atoms with Gasteiger partial charge in [-0.3, -0.25) is 4.99 Å². The molecule has 1 aromatic carbocycles. The zero-order valence-corrected chi connectivity index (χ0v) is 17.5. The highest BCUT2D eigenvalue weighted by atomic mass is 32.1. The van der Waals surface area contributed by atoms with E-state index in [0.717, 1.165) is 23.4 Å². The van der Waals surface area contributed by atoms with Crippen molar-refractivity contribution in [3.63, 3.8) is 0 Å². The van der Waals surface area contributed by atoms with Crippen molar-refractivity contribution in [1.29, 1.82) is 0 Å². The van der Waals surface area contributed by atoms with Gasteiger partial charge in [-0.2, -0.15) is 0 Å². The SMILES string of the molecule is C=C(NC(=S)Nc1ccc(CCCCCC)cc1)/C(C=NC)=C/C(C)C. The largest absolute Gasteiger partial charge is 0.332 e. The number of thiocarbonyl (C=S) groups is 1. The van der Waals surface area contributed by atoms with Gasteiger partial charge in [-0.15, -0.1) is 0 Å². The quantitative estimate of drug-likeness (QED) is 0.233. The highest BCUT2D eigenvalue weighted by molar-refractivity contribution is 7.80. The average molecular weight is 372 g/mol.